The molecule has 1 atom stereocenters. The van der Waals surface area contributed by atoms with E-state index in [4.69, 9.17) is 0 Å². The molecule has 0 N–H and O–H groups in total. The van der Waals surface area contributed by atoms with Crippen LogP contribution in [0.1, 0.15) is 73.6 Å². The molecule has 1 amide bonds. The summed E-state index contributed by atoms with van der Waals surface area (Å²) in [7, 11) is 0. The molecule has 1 unspecified atom stereocenters. The minimum atomic E-state index is -0.309. The second kappa shape index (κ2) is 7.77. The molecule has 0 spiro atoms. The number of ketones is 1. The minimum Gasteiger partial charge on any atom is -0.342 e. The van der Waals surface area contributed by atoms with Crippen LogP contribution in [0.4, 0.5) is 0 Å². The second-order valence-electron chi connectivity index (χ2n) is 10.1. The first-order chi connectivity index (χ1) is 11.5. The Morgan fingerprint density at radius 2 is 1.52 bits per heavy atom. The molecule has 2 rings (SSSR count). The SMILES string of the molecule is CC(C)(C)C(=O)C1CCCN(C(=O)CC2CCN(C(C)(C)C)CC2)C1. The summed E-state index contributed by atoms with van der Waals surface area (Å²) in [4.78, 5) is 29.8. The van der Waals surface area contributed by atoms with E-state index in [1.807, 2.05) is 25.7 Å². The first-order valence-electron chi connectivity index (χ1n) is 10.1. The summed E-state index contributed by atoms with van der Waals surface area (Å²) in [6.07, 6.45) is 4.78. The van der Waals surface area contributed by atoms with E-state index in [9.17, 15) is 9.59 Å². The summed E-state index contributed by atoms with van der Waals surface area (Å²) in [6, 6.07) is 0. The summed E-state index contributed by atoms with van der Waals surface area (Å²) in [5.41, 5.74) is -0.0844. The molecule has 0 radical (unpaired) electrons. The standard InChI is InChI=1S/C21H38N2O2/c1-20(2,3)19(25)17-8-7-11-22(15-17)18(24)14-16-9-12-23(13-10-16)21(4,5)6/h16-17H,7-15H2,1-6H3. The highest BCUT2D eigenvalue weighted by Gasteiger charge is 2.35. The molecule has 0 aromatic heterocycles. The average molecular weight is 351 g/mol. The molecule has 0 aliphatic carbocycles. The van der Waals surface area contributed by atoms with E-state index in [1.54, 1.807) is 0 Å². The average Bonchev–Trinajstić information content (AvgIpc) is 2.53. The van der Waals surface area contributed by atoms with Crippen LogP contribution in [-0.4, -0.2) is 53.2 Å². The van der Waals surface area contributed by atoms with Crippen LogP contribution in [0.15, 0.2) is 0 Å². The van der Waals surface area contributed by atoms with Gasteiger partial charge in [-0.2, -0.15) is 0 Å². The Hall–Kier alpha value is -0.900. The topological polar surface area (TPSA) is 40.6 Å². The third kappa shape index (κ3) is 5.54. The van der Waals surface area contributed by atoms with E-state index >= 15 is 0 Å². The summed E-state index contributed by atoms with van der Waals surface area (Å²) < 4.78 is 0. The predicted octanol–water partition coefficient (Wildman–Crippen LogP) is 3.74. The zero-order valence-corrected chi connectivity index (χ0v) is 17.2. The van der Waals surface area contributed by atoms with Crippen molar-refractivity contribution in [3.05, 3.63) is 0 Å². The van der Waals surface area contributed by atoms with Gasteiger partial charge in [0, 0.05) is 36.4 Å². The Morgan fingerprint density at radius 3 is 2.04 bits per heavy atom. The van der Waals surface area contributed by atoms with Crippen molar-refractivity contribution in [1.82, 2.24) is 9.80 Å². The largest absolute Gasteiger partial charge is 0.342 e. The molecule has 0 aromatic carbocycles. The Bertz CT molecular complexity index is 479. The third-order valence-electron chi connectivity index (χ3n) is 5.91. The molecule has 2 fully saturated rings. The third-order valence-corrected chi connectivity index (χ3v) is 5.91. The lowest BCUT2D eigenvalue weighted by molar-refractivity contribution is -0.138. The maximum atomic E-state index is 12.8. The van der Waals surface area contributed by atoms with Crippen LogP contribution in [0, 0.1) is 17.3 Å². The fraction of sp³-hybridized carbons (Fsp3) is 0.905. The van der Waals surface area contributed by atoms with E-state index in [1.165, 1.54) is 0 Å². The van der Waals surface area contributed by atoms with Gasteiger partial charge in [0.25, 0.3) is 0 Å². The lowest BCUT2D eigenvalue weighted by Crippen LogP contribution is -2.48. The second-order valence-corrected chi connectivity index (χ2v) is 10.1. The number of carbonyl (C=O) groups excluding carboxylic acids is 2. The highest BCUT2D eigenvalue weighted by atomic mass is 16.2. The van der Waals surface area contributed by atoms with Crippen LogP contribution in [-0.2, 0) is 9.59 Å². The van der Waals surface area contributed by atoms with Crippen molar-refractivity contribution in [2.45, 2.75) is 79.2 Å². The Balaban J connectivity index is 1.84. The van der Waals surface area contributed by atoms with Crippen LogP contribution in [0.2, 0.25) is 0 Å². The van der Waals surface area contributed by atoms with Crippen LogP contribution < -0.4 is 0 Å². The maximum absolute atomic E-state index is 12.8. The summed E-state index contributed by atoms with van der Waals surface area (Å²) in [5.74, 6) is 1.11. The molecule has 0 bridgehead atoms. The molecule has 25 heavy (non-hydrogen) atoms. The molecule has 4 heteroatoms. The van der Waals surface area contributed by atoms with Crippen molar-refractivity contribution in [2.24, 2.45) is 17.3 Å². The Labute approximate surface area is 154 Å². The van der Waals surface area contributed by atoms with Crippen molar-refractivity contribution >= 4 is 11.7 Å². The quantitative estimate of drug-likeness (QED) is 0.778. The molecular formula is C21H38N2O2. The number of hydrogen-bond acceptors (Lipinski definition) is 3. The first kappa shape index (κ1) is 20.4. The van der Waals surface area contributed by atoms with Crippen LogP contribution in [0.5, 0.6) is 0 Å². The van der Waals surface area contributed by atoms with Gasteiger partial charge in [0.15, 0.2) is 0 Å². The number of Topliss-reactive ketones (excluding diaryl/α,β-unsaturated/α-hetero) is 1. The number of rotatable bonds is 3. The molecule has 2 heterocycles. The van der Waals surface area contributed by atoms with E-state index in [-0.39, 0.29) is 22.8 Å². The molecule has 0 saturated carbocycles. The number of nitrogens with zero attached hydrogens (tertiary/aromatic N) is 2. The predicted molar refractivity (Wildman–Crippen MR) is 102 cm³/mol. The van der Waals surface area contributed by atoms with Crippen molar-refractivity contribution in [1.29, 1.82) is 0 Å². The zero-order valence-electron chi connectivity index (χ0n) is 17.2. The fourth-order valence-electron chi connectivity index (χ4n) is 4.21. The molecule has 4 nitrogen and oxygen atoms in total. The van der Waals surface area contributed by atoms with Gasteiger partial charge in [-0.05, 0) is 65.5 Å². The van der Waals surface area contributed by atoms with Gasteiger partial charge in [-0.15, -0.1) is 0 Å². The number of carbonyl (C=O) groups is 2. The van der Waals surface area contributed by atoms with Gasteiger partial charge in [0.2, 0.25) is 5.91 Å². The van der Waals surface area contributed by atoms with Gasteiger partial charge in [0.1, 0.15) is 5.78 Å². The van der Waals surface area contributed by atoms with Gasteiger partial charge < -0.3 is 4.90 Å². The highest BCUT2D eigenvalue weighted by Crippen LogP contribution is 2.29. The number of amides is 1. The van der Waals surface area contributed by atoms with E-state index < -0.39 is 0 Å². The van der Waals surface area contributed by atoms with Crippen molar-refractivity contribution in [3.8, 4) is 0 Å². The van der Waals surface area contributed by atoms with E-state index in [0.29, 0.717) is 24.7 Å². The van der Waals surface area contributed by atoms with Crippen molar-refractivity contribution in [3.63, 3.8) is 0 Å². The normalized spacial score (nSPS) is 24.4. The number of piperidine rings is 2. The van der Waals surface area contributed by atoms with Gasteiger partial charge >= 0.3 is 0 Å². The fourth-order valence-corrected chi connectivity index (χ4v) is 4.21. The summed E-state index contributed by atoms with van der Waals surface area (Å²) in [5, 5.41) is 0. The number of likely N-dealkylation sites (tertiary alicyclic amines) is 2. The molecular weight excluding hydrogens is 312 g/mol. The van der Waals surface area contributed by atoms with Crippen LogP contribution in [0.25, 0.3) is 0 Å². The Morgan fingerprint density at radius 1 is 0.920 bits per heavy atom. The van der Waals surface area contributed by atoms with Gasteiger partial charge in [-0.3, -0.25) is 14.5 Å². The summed E-state index contributed by atoms with van der Waals surface area (Å²) in [6.45, 7) is 16.4. The van der Waals surface area contributed by atoms with E-state index in [2.05, 4.69) is 25.7 Å². The highest BCUT2D eigenvalue weighted by molar-refractivity contribution is 5.87. The molecule has 0 aromatic rings. The molecule has 2 saturated heterocycles. The summed E-state index contributed by atoms with van der Waals surface area (Å²) >= 11 is 0. The lowest BCUT2D eigenvalue weighted by Gasteiger charge is -2.41. The monoisotopic (exact) mass is 350 g/mol. The van der Waals surface area contributed by atoms with E-state index in [0.717, 1.165) is 45.3 Å². The van der Waals surface area contributed by atoms with Gasteiger partial charge in [-0.1, -0.05) is 20.8 Å². The van der Waals surface area contributed by atoms with Crippen LogP contribution >= 0.6 is 0 Å². The minimum absolute atomic E-state index is 0.0282. The maximum Gasteiger partial charge on any atom is 0.222 e. The molecule has 2 aliphatic heterocycles. The molecule has 2 aliphatic rings. The lowest BCUT2D eigenvalue weighted by atomic mass is 9.79. The Kier molecular flexibility index (Phi) is 6.35. The molecule has 144 valence electrons. The van der Waals surface area contributed by atoms with Crippen molar-refractivity contribution < 1.29 is 9.59 Å². The number of hydrogen-bond donors (Lipinski definition) is 0. The first-order valence-corrected chi connectivity index (χ1v) is 10.1. The van der Waals surface area contributed by atoms with Crippen LogP contribution in [0.3, 0.4) is 0 Å². The zero-order chi connectivity index (χ0) is 18.8. The van der Waals surface area contributed by atoms with Gasteiger partial charge in [0.05, 0.1) is 0 Å². The van der Waals surface area contributed by atoms with Gasteiger partial charge in [-0.25, -0.2) is 0 Å². The van der Waals surface area contributed by atoms with Crippen molar-refractivity contribution in [2.75, 3.05) is 26.2 Å². The smallest absolute Gasteiger partial charge is 0.222 e.